The van der Waals surface area contributed by atoms with Gasteiger partial charge in [-0.25, -0.2) is 4.39 Å². The third-order valence-corrected chi connectivity index (χ3v) is 4.82. The summed E-state index contributed by atoms with van der Waals surface area (Å²) in [7, 11) is 0. The number of hydrogen-bond acceptors (Lipinski definition) is 2. The number of rotatable bonds is 6. The molecule has 2 nitrogen and oxygen atoms in total. The minimum absolute atomic E-state index is 0.0723. The first-order chi connectivity index (χ1) is 11.0. The molecule has 2 aromatic carbocycles. The van der Waals surface area contributed by atoms with Crippen LogP contribution in [-0.4, -0.2) is 11.7 Å². The lowest BCUT2D eigenvalue weighted by molar-refractivity contribution is -0.119. The molecule has 0 aliphatic heterocycles. The number of nitrogens with one attached hydrogen (secondary N) is 1. The van der Waals surface area contributed by atoms with Gasteiger partial charge in [-0.3, -0.25) is 4.79 Å². The van der Waals surface area contributed by atoms with Crippen molar-refractivity contribution >= 4 is 40.9 Å². The molecule has 0 aliphatic rings. The van der Waals surface area contributed by atoms with Crippen LogP contribution in [0.2, 0.25) is 10.0 Å². The van der Waals surface area contributed by atoms with E-state index in [4.69, 9.17) is 23.2 Å². The molecule has 1 amide bonds. The normalized spacial score (nSPS) is 12.0. The van der Waals surface area contributed by atoms with Crippen molar-refractivity contribution in [1.82, 2.24) is 5.32 Å². The number of thioether (sulfide) groups is 1. The zero-order chi connectivity index (χ0) is 16.8. The van der Waals surface area contributed by atoms with Crippen LogP contribution >= 0.6 is 35.0 Å². The SMILES string of the molecule is C[C@H](NC(=O)CSCc1ccc(Cl)cc1Cl)c1ccc(F)cc1. The molecule has 1 N–H and O–H groups in total. The minimum atomic E-state index is -0.289. The first-order valence-electron chi connectivity index (χ1n) is 7.02. The van der Waals surface area contributed by atoms with E-state index in [0.29, 0.717) is 21.6 Å². The molecule has 0 unspecified atom stereocenters. The molecule has 0 bridgehead atoms. The quantitative estimate of drug-likeness (QED) is 0.751. The summed E-state index contributed by atoms with van der Waals surface area (Å²) in [6, 6.07) is 11.3. The van der Waals surface area contributed by atoms with E-state index in [1.807, 2.05) is 13.0 Å². The predicted octanol–water partition coefficient (Wildman–Crippen LogP) is 5.24. The molecule has 6 heteroatoms. The summed E-state index contributed by atoms with van der Waals surface area (Å²) >= 11 is 13.4. The van der Waals surface area contributed by atoms with Crippen molar-refractivity contribution in [3.05, 3.63) is 69.5 Å². The lowest BCUT2D eigenvalue weighted by Gasteiger charge is -2.14. The minimum Gasteiger partial charge on any atom is -0.349 e. The van der Waals surface area contributed by atoms with Gasteiger partial charge in [0.25, 0.3) is 0 Å². The second-order valence-corrected chi connectivity index (χ2v) is 6.90. The Hall–Kier alpha value is -1.23. The lowest BCUT2D eigenvalue weighted by Crippen LogP contribution is -2.28. The van der Waals surface area contributed by atoms with E-state index in [1.54, 1.807) is 24.3 Å². The summed E-state index contributed by atoms with van der Waals surface area (Å²) in [6.45, 7) is 1.87. The van der Waals surface area contributed by atoms with Crippen LogP contribution in [0.4, 0.5) is 4.39 Å². The van der Waals surface area contributed by atoms with E-state index in [1.165, 1.54) is 23.9 Å². The standard InChI is InChI=1S/C17H16Cl2FNOS/c1-11(12-3-6-15(20)7-4-12)21-17(22)10-23-9-13-2-5-14(18)8-16(13)19/h2-8,11H,9-10H2,1H3,(H,21,22)/t11-/m0/s1. The summed E-state index contributed by atoms with van der Waals surface area (Å²) < 4.78 is 12.9. The third-order valence-electron chi connectivity index (χ3n) is 3.25. The second kappa shape index (κ2) is 8.57. The molecular formula is C17H16Cl2FNOS. The molecular weight excluding hydrogens is 356 g/mol. The predicted molar refractivity (Wildman–Crippen MR) is 95.6 cm³/mol. The molecule has 122 valence electrons. The Morgan fingerprint density at radius 1 is 1.22 bits per heavy atom. The third kappa shape index (κ3) is 5.72. The highest BCUT2D eigenvalue weighted by molar-refractivity contribution is 7.99. The molecule has 0 aliphatic carbocycles. The van der Waals surface area contributed by atoms with Crippen LogP contribution in [-0.2, 0) is 10.5 Å². The summed E-state index contributed by atoms with van der Waals surface area (Å²) in [5.74, 6) is 0.596. The largest absolute Gasteiger partial charge is 0.349 e. The monoisotopic (exact) mass is 371 g/mol. The highest BCUT2D eigenvalue weighted by atomic mass is 35.5. The Kier molecular flexibility index (Phi) is 6.75. The van der Waals surface area contributed by atoms with Crippen molar-refractivity contribution in [2.24, 2.45) is 0 Å². The van der Waals surface area contributed by atoms with Crippen molar-refractivity contribution in [3.8, 4) is 0 Å². The molecule has 0 saturated heterocycles. The van der Waals surface area contributed by atoms with Crippen molar-refractivity contribution in [2.45, 2.75) is 18.7 Å². The van der Waals surface area contributed by atoms with Crippen LogP contribution in [0.25, 0.3) is 0 Å². The van der Waals surface area contributed by atoms with Gasteiger partial charge in [-0.2, -0.15) is 0 Å². The average Bonchev–Trinajstić information content (AvgIpc) is 2.50. The molecule has 23 heavy (non-hydrogen) atoms. The zero-order valence-corrected chi connectivity index (χ0v) is 14.8. The summed E-state index contributed by atoms with van der Waals surface area (Å²) in [6.07, 6.45) is 0. The zero-order valence-electron chi connectivity index (χ0n) is 12.5. The Morgan fingerprint density at radius 2 is 1.91 bits per heavy atom. The van der Waals surface area contributed by atoms with E-state index in [9.17, 15) is 9.18 Å². The number of amides is 1. The number of carbonyl (C=O) groups excluding carboxylic acids is 1. The molecule has 0 radical (unpaired) electrons. The second-order valence-electron chi connectivity index (χ2n) is 5.07. The van der Waals surface area contributed by atoms with Gasteiger partial charge in [-0.05, 0) is 42.3 Å². The molecule has 1 atom stereocenters. The van der Waals surface area contributed by atoms with Gasteiger partial charge >= 0.3 is 0 Å². The van der Waals surface area contributed by atoms with Crippen LogP contribution in [0, 0.1) is 5.82 Å². The van der Waals surface area contributed by atoms with Gasteiger partial charge in [0, 0.05) is 15.8 Å². The molecule has 2 rings (SSSR count). The maximum absolute atomic E-state index is 12.9. The van der Waals surface area contributed by atoms with Crippen molar-refractivity contribution in [1.29, 1.82) is 0 Å². The number of carbonyl (C=O) groups is 1. The fourth-order valence-corrected chi connectivity index (χ4v) is 3.41. The van der Waals surface area contributed by atoms with Gasteiger partial charge < -0.3 is 5.32 Å². The smallest absolute Gasteiger partial charge is 0.230 e. The number of halogens is 3. The van der Waals surface area contributed by atoms with Gasteiger partial charge in [0.2, 0.25) is 5.91 Å². The van der Waals surface area contributed by atoms with Crippen molar-refractivity contribution in [2.75, 3.05) is 5.75 Å². The molecule has 2 aromatic rings. The van der Waals surface area contributed by atoms with Crippen LogP contribution in [0.1, 0.15) is 24.1 Å². The van der Waals surface area contributed by atoms with Crippen LogP contribution < -0.4 is 5.32 Å². The fraction of sp³-hybridized carbons (Fsp3) is 0.235. The number of benzene rings is 2. The van der Waals surface area contributed by atoms with E-state index < -0.39 is 0 Å². The first kappa shape index (κ1) is 18.1. The van der Waals surface area contributed by atoms with E-state index in [2.05, 4.69) is 5.32 Å². The van der Waals surface area contributed by atoms with E-state index in [0.717, 1.165) is 11.1 Å². The Balaban J connectivity index is 1.79. The van der Waals surface area contributed by atoms with Gasteiger partial charge in [-0.1, -0.05) is 41.4 Å². The lowest BCUT2D eigenvalue weighted by atomic mass is 10.1. The Morgan fingerprint density at radius 3 is 2.57 bits per heavy atom. The maximum Gasteiger partial charge on any atom is 0.230 e. The highest BCUT2D eigenvalue weighted by Crippen LogP contribution is 2.24. The molecule has 0 saturated carbocycles. The fourth-order valence-electron chi connectivity index (χ4n) is 2.01. The summed E-state index contributed by atoms with van der Waals surface area (Å²) in [4.78, 5) is 12.0. The molecule has 0 fully saturated rings. The Bertz CT molecular complexity index is 679. The van der Waals surface area contributed by atoms with E-state index >= 15 is 0 Å². The van der Waals surface area contributed by atoms with E-state index in [-0.39, 0.29) is 17.8 Å². The van der Waals surface area contributed by atoms with Gasteiger partial charge in [0.1, 0.15) is 5.82 Å². The Labute approximate surface area is 149 Å². The molecule has 0 spiro atoms. The van der Waals surface area contributed by atoms with Gasteiger partial charge in [-0.15, -0.1) is 11.8 Å². The van der Waals surface area contributed by atoms with Crippen molar-refractivity contribution in [3.63, 3.8) is 0 Å². The maximum atomic E-state index is 12.9. The van der Waals surface area contributed by atoms with Gasteiger partial charge in [0.05, 0.1) is 11.8 Å². The average molecular weight is 372 g/mol. The molecule has 0 aromatic heterocycles. The van der Waals surface area contributed by atoms with Crippen LogP contribution in [0.5, 0.6) is 0 Å². The van der Waals surface area contributed by atoms with Gasteiger partial charge in [0.15, 0.2) is 0 Å². The number of hydrogen-bond donors (Lipinski definition) is 1. The summed E-state index contributed by atoms with van der Waals surface area (Å²) in [5.41, 5.74) is 1.81. The molecule has 0 heterocycles. The van der Waals surface area contributed by atoms with Crippen LogP contribution in [0.15, 0.2) is 42.5 Å². The summed E-state index contributed by atoms with van der Waals surface area (Å²) in [5, 5.41) is 4.08. The van der Waals surface area contributed by atoms with Crippen molar-refractivity contribution < 1.29 is 9.18 Å². The van der Waals surface area contributed by atoms with Crippen LogP contribution in [0.3, 0.4) is 0 Å². The highest BCUT2D eigenvalue weighted by Gasteiger charge is 2.10. The first-order valence-corrected chi connectivity index (χ1v) is 8.93. The topological polar surface area (TPSA) is 29.1 Å².